The molecule has 1 aromatic carbocycles. The number of urea groups is 1. The lowest BCUT2D eigenvalue weighted by Crippen LogP contribution is -2.38. The molecule has 2 heterocycles. The van der Waals surface area contributed by atoms with Crippen LogP contribution in [0.4, 0.5) is 14.9 Å². The number of aromatic nitrogens is 2. The number of fused-ring (bicyclic) bond motifs is 1. The summed E-state index contributed by atoms with van der Waals surface area (Å²) in [7, 11) is 1.63. The van der Waals surface area contributed by atoms with Crippen LogP contribution < -0.4 is 4.90 Å². The zero-order valence-corrected chi connectivity index (χ0v) is 14.6. The standard InChI is InChI=1S/C19H21FN4O2/c1-26-9-8-23-17-7-6-16(13-10-21-12-22-11-13)18(17)24(19(23)25)15-4-2-14(20)3-5-15/h2-5,10-12,16-18H,6-9H2,1H3/t16-,17-,18+/m0/s1. The summed E-state index contributed by atoms with van der Waals surface area (Å²) in [6.07, 6.45) is 7.03. The SMILES string of the molecule is COCCN1C(=O)N(c2ccc(F)cc2)[C@@H]2[C@H](c3cncnc3)CC[C@@H]21. The Morgan fingerprint density at radius 3 is 2.62 bits per heavy atom. The normalized spacial score (nSPS) is 25.0. The van der Waals surface area contributed by atoms with Gasteiger partial charge in [-0.2, -0.15) is 0 Å². The molecule has 7 heteroatoms. The Hall–Kier alpha value is -2.54. The fourth-order valence-electron chi connectivity index (χ4n) is 4.26. The van der Waals surface area contributed by atoms with Crippen LogP contribution in [0.5, 0.6) is 0 Å². The minimum Gasteiger partial charge on any atom is -0.383 e. The van der Waals surface area contributed by atoms with Gasteiger partial charge in [0.2, 0.25) is 0 Å². The minimum absolute atomic E-state index is 0.0178. The maximum absolute atomic E-state index is 13.4. The van der Waals surface area contributed by atoms with Gasteiger partial charge in [0.15, 0.2) is 0 Å². The van der Waals surface area contributed by atoms with Crippen LogP contribution in [0.2, 0.25) is 0 Å². The molecule has 1 aromatic heterocycles. The average molecular weight is 356 g/mol. The largest absolute Gasteiger partial charge is 0.383 e. The van der Waals surface area contributed by atoms with E-state index in [1.807, 2.05) is 22.2 Å². The number of halogens is 1. The summed E-state index contributed by atoms with van der Waals surface area (Å²) < 4.78 is 18.6. The first-order valence-electron chi connectivity index (χ1n) is 8.80. The van der Waals surface area contributed by atoms with Crippen LogP contribution in [0.3, 0.4) is 0 Å². The van der Waals surface area contributed by atoms with Crippen molar-refractivity contribution in [1.82, 2.24) is 14.9 Å². The van der Waals surface area contributed by atoms with Gasteiger partial charge >= 0.3 is 6.03 Å². The molecule has 1 aliphatic carbocycles. The Balaban J connectivity index is 1.72. The fourth-order valence-corrected chi connectivity index (χ4v) is 4.26. The summed E-state index contributed by atoms with van der Waals surface area (Å²) in [5.41, 5.74) is 1.75. The Morgan fingerprint density at radius 2 is 1.92 bits per heavy atom. The lowest BCUT2D eigenvalue weighted by atomic mass is 9.94. The number of rotatable bonds is 5. The molecule has 4 rings (SSSR count). The van der Waals surface area contributed by atoms with Crippen molar-refractivity contribution >= 4 is 11.7 Å². The predicted octanol–water partition coefficient (Wildman–Crippen LogP) is 2.82. The van der Waals surface area contributed by atoms with Crippen molar-refractivity contribution in [3.8, 4) is 0 Å². The summed E-state index contributed by atoms with van der Waals surface area (Å²) >= 11 is 0. The quantitative estimate of drug-likeness (QED) is 0.827. The van der Waals surface area contributed by atoms with Gasteiger partial charge in [-0.15, -0.1) is 0 Å². The van der Waals surface area contributed by atoms with Crippen molar-refractivity contribution in [2.45, 2.75) is 30.8 Å². The molecule has 2 aliphatic rings. The van der Waals surface area contributed by atoms with Gasteiger partial charge in [-0.1, -0.05) is 0 Å². The van der Waals surface area contributed by atoms with E-state index in [1.165, 1.54) is 18.5 Å². The molecule has 26 heavy (non-hydrogen) atoms. The van der Waals surface area contributed by atoms with Crippen molar-refractivity contribution in [2.75, 3.05) is 25.2 Å². The van der Waals surface area contributed by atoms with E-state index in [1.54, 1.807) is 19.2 Å². The van der Waals surface area contributed by atoms with Gasteiger partial charge in [0, 0.05) is 37.7 Å². The zero-order valence-electron chi connectivity index (χ0n) is 14.6. The van der Waals surface area contributed by atoms with Crippen molar-refractivity contribution in [3.05, 3.63) is 54.4 Å². The summed E-state index contributed by atoms with van der Waals surface area (Å²) in [6, 6.07) is 6.16. The molecule has 2 fully saturated rings. The van der Waals surface area contributed by atoms with Crippen LogP contribution >= 0.6 is 0 Å². The first kappa shape index (κ1) is 16.9. The topological polar surface area (TPSA) is 58.6 Å². The molecule has 0 radical (unpaired) electrons. The second-order valence-electron chi connectivity index (χ2n) is 6.73. The highest BCUT2D eigenvalue weighted by Crippen LogP contribution is 2.45. The number of carbonyl (C=O) groups excluding carboxylic acids is 1. The Morgan fingerprint density at radius 1 is 1.19 bits per heavy atom. The number of anilines is 1. The highest BCUT2D eigenvalue weighted by molar-refractivity contribution is 5.96. The first-order chi connectivity index (χ1) is 12.7. The summed E-state index contributed by atoms with van der Waals surface area (Å²) in [5, 5.41) is 0. The monoisotopic (exact) mass is 356 g/mol. The summed E-state index contributed by atoms with van der Waals surface area (Å²) in [6.45, 7) is 1.04. The molecular weight excluding hydrogens is 335 g/mol. The number of carbonyl (C=O) groups is 1. The van der Waals surface area contributed by atoms with Gasteiger partial charge < -0.3 is 9.64 Å². The van der Waals surface area contributed by atoms with Crippen molar-refractivity contribution in [1.29, 1.82) is 0 Å². The molecule has 1 aliphatic heterocycles. The molecule has 0 unspecified atom stereocenters. The van der Waals surface area contributed by atoms with Gasteiger partial charge in [-0.25, -0.2) is 19.2 Å². The first-order valence-corrected chi connectivity index (χ1v) is 8.80. The van der Waals surface area contributed by atoms with Gasteiger partial charge in [-0.05, 0) is 42.7 Å². The highest BCUT2D eigenvalue weighted by Gasteiger charge is 2.53. The Kier molecular flexibility index (Phi) is 4.55. The number of hydrogen-bond donors (Lipinski definition) is 0. The van der Waals surface area contributed by atoms with Crippen molar-refractivity contribution in [3.63, 3.8) is 0 Å². The van der Waals surface area contributed by atoms with Crippen LogP contribution in [0.25, 0.3) is 0 Å². The molecule has 3 atom stereocenters. The average Bonchev–Trinajstić information content (AvgIpc) is 3.19. The zero-order chi connectivity index (χ0) is 18.1. The number of amides is 2. The molecular formula is C19H21FN4O2. The lowest BCUT2D eigenvalue weighted by molar-refractivity contribution is 0.146. The minimum atomic E-state index is -0.312. The Bertz CT molecular complexity index is 771. The van der Waals surface area contributed by atoms with Gasteiger partial charge in [0.05, 0.1) is 18.7 Å². The highest BCUT2D eigenvalue weighted by atomic mass is 19.1. The third-order valence-electron chi connectivity index (χ3n) is 5.38. The van der Waals surface area contributed by atoms with E-state index in [0.717, 1.165) is 24.1 Å². The number of benzene rings is 1. The molecule has 6 nitrogen and oxygen atoms in total. The third-order valence-corrected chi connectivity index (χ3v) is 5.38. The van der Waals surface area contributed by atoms with E-state index < -0.39 is 0 Å². The van der Waals surface area contributed by atoms with E-state index in [2.05, 4.69) is 9.97 Å². The van der Waals surface area contributed by atoms with E-state index >= 15 is 0 Å². The van der Waals surface area contributed by atoms with E-state index in [4.69, 9.17) is 4.74 Å². The second-order valence-corrected chi connectivity index (χ2v) is 6.73. The molecule has 2 aromatic rings. The van der Waals surface area contributed by atoms with Crippen molar-refractivity contribution in [2.24, 2.45) is 0 Å². The Labute approximate surface area is 151 Å². The van der Waals surface area contributed by atoms with Crippen LogP contribution in [0, 0.1) is 5.82 Å². The molecule has 0 N–H and O–H groups in total. The number of methoxy groups -OCH3 is 1. The van der Waals surface area contributed by atoms with Gasteiger partial charge in [-0.3, -0.25) is 4.90 Å². The van der Waals surface area contributed by atoms with Crippen LogP contribution in [0.15, 0.2) is 43.0 Å². The van der Waals surface area contributed by atoms with Crippen molar-refractivity contribution < 1.29 is 13.9 Å². The molecule has 1 saturated carbocycles. The molecule has 2 amide bonds. The maximum Gasteiger partial charge on any atom is 0.325 e. The number of ether oxygens (including phenoxy) is 1. The van der Waals surface area contributed by atoms with Crippen LogP contribution in [0.1, 0.15) is 24.3 Å². The summed E-state index contributed by atoms with van der Waals surface area (Å²) in [5.74, 6) is -0.157. The molecule has 0 spiro atoms. The fraction of sp³-hybridized carbons (Fsp3) is 0.421. The van der Waals surface area contributed by atoms with E-state index in [0.29, 0.717) is 13.2 Å². The van der Waals surface area contributed by atoms with E-state index in [-0.39, 0.29) is 29.8 Å². The second kappa shape index (κ2) is 6.99. The summed E-state index contributed by atoms with van der Waals surface area (Å²) in [4.78, 5) is 25.1. The number of hydrogen-bond acceptors (Lipinski definition) is 4. The molecule has 0 bridgehead atoms. The molecule has 136 valence electrons. The van der Waals surface area contributed by atoms with Gasteiger partial charge in [0.1, 0.15) is 12.1 Å². The van der Waals surface area contributed by atoms with Crippen LogP contribution in [-0.4, -0.2) is 53.2 Å². The predicted molar refractivity (Wildman–Crippen MR) is 94.4 cm³/mol. The lowest BCUT2D eigenvalue weighted by Gasteiger charge is -2.27. The third kappa shape index (κ3) is 2.82. The molecule has 1 saturated heterocycles. The van der Waals surface area contributed by atoms with E-state index in [9.17, 15) is 9.18 Å². The smallest absolute Gasteiger partial charge is 0.325 e. The van der Waals surface area contributed by atoms with Gasteiger partial charge in [0.25, 0.3) is 0 Å². The van der Waals surface area contributed by atoms with Crippen LogP contribution in [-0.2, 0) is 4.74 Å². The maximum atomic E-state index is 13.4. The number of nitrogens with zero attached hydrogens (tertiary/aromatic N) is 4.